The number of hydrogen-bond donors (Lipinski definition) is 2. The normalized spacial score (nSPS) is 16.0. The molecule has 0 spiro atoms. The van der Waals surface area contributed by atoms with Crippen LogP contribution in [0.1, 0.15) is 32.0 Å². The van der Waals surface area contributed by atoms with E-state index in [9.17, 15) is 23.5 Å². The molecule has 3 heterocycles. The van der Waals surface area contributed by atoms with Gasteiger partial charge < -0.3 is 14.8 Å². The van der Waals surface area contributed by atoms with Gasteiger partial charge in [0.25, 0.3) is 5.91 Å². The number of methoxy groups -OCH3 is 1. The van der Waals surface area contributed by atoms with Crippen LogP contribution in [0.25, 0.3) is 11.0 Å². The van der Waals surface area contributed by atoms with Crippen LogP contribution in [0.15, 0.2) is 47.7 Å². The number of benzene rings is 2. The summed E-state index contributed by atoms with van der Waals surface area (Å²) < 4.78 is 32.9. The van der Waals surface area contributed by atoms with E-state index in [0.29, 0.717) is 26.9 Å². The van der Waals surface area contributed by atoms with Gasteiger partial charge in [-0.3, -0.25) is 14.5 Å². The number of anilines is 1. The SMILES string of the molecule is COc1cccc(C2C(C(=O)c3sc(C)nc3C)=C(O)C(=O)N2c2nc3cc(F)c(F)cc3[nH]2)c1. The van der Waals surface area contributed by atoms with Gasteiger partial charge in [0.2, 0.25) is 11.7 Å². The molecule has 0 bridgehead atoms. The molecule has 1 atom stereocenters. The van der Waals surface area contributed by atoms with E-state index < -0.39 is 35.1 Å². The number of carbonyl (C=O) groups is 2. The topological polar surface area (TPSA) is 108 Å². The third-order valence-corrected chi connectivity index (χ3v) is 6.78. The number of halogens is 2. The largest absolute Gasteiger partial charge is 0.503 e. The van der Waals surface area contributed by atoms with E-state index in [1.165, 1.54) is 7.11 Å². The molecule has 0 aliphatic carbocycles. The van der Waals surface area contributed by atoms with E-state index in [0.717, 1.165) is 28.4 Å². The number of aromatic nitrogens is 3. The van der Waals surface area contributed by atoms with Gasteiger partial charge in [0.05, 0.1) is 45.3 Å². The number of rotatable bonds is 5. The van der Waals surface area contributed by atoms with Crippen LogP contribution in [0.4, 0.5) is 14.7 Å². The first-order valence-corrected chi connectivity index (χ1v) is 11.3. The Morgan fingerprint density at radius 3 is 2.60 bits per heavy atom. The number of aromatic amines is 1. The van der Waals surface area contributed by atoms with E-state index in [2.05, 4.69) is 15.0 Å². The summed E-state index contributed by atoms with van der Waals surface area (Å²) in [5.74, 6) is -3.99. The number of H-pyrrole nitrogens is 1. The first-order chi connectivity index (χ1) is 16.7. The number of aryl methyl sites for hydroxylation is 2. The standard InChI is InChI=1S/C24H18F2N4O4S/c1-10-22(35-11(2)27-10)20(31)18-19(12-5-4-6-13(7-12)34-3)30(23(33)21(18)32)24-28-16-8-14(25)15(26)9-17(16)29-24/h4-9,19,32H,1-3H3,(H,28,29). The van der Waals surface area contributed by atoms with Crippen LogP contribution in [0.5, 0.6) is 5.75 Å². The summed E-state index contributed by atoms with van der Waals surface area (Å²) in [6.07, 6.45) is 0. The van der Waals surface area contributed by atoms with E-state index in [-0.39, 0.29) is 22.6 Å². The van der Waals surface area contributed by atoms with E-state index in [4.69, 9.17) is 4.74 Å². The molecule has 35 heavy (non-hydrogen) atoms. The lowest BCUT2D eigenvalue weighted by atomic mass is 9.95. The number of aliphatic hydroxyl groups is 1. The van der Waals surface area contributed by atoms with Crippen molar-refractivity contribution < 1.29 is 28.2 Å². The predicted molar refractivity (Wildman–Crippen MR) is 125 cm³/mol. The molecule has 8 nitrogen and oxygen atoms in total. The number of nitrogens with one attached hydrogen (secondary N) is 1. The van der Waals surface area contributed by atoms with Gasteiger partial charge in [-0.1, -0.05) is 12.1 Å². The molecule has 0 saturated carbocycles. The maximum atomic E-state index is 13.8. The molecule has 2 aromatic heterocycles. The Morgan fingerprint density at radius 1 is 1.17 bits per heavy atom. The molecule has 4 aromatic rings. The minimum Gasteiger partial charge on any atom is -0.503 e. The summed E-state index contributed by atoms with van der Waals surface area (Å²) in [7, 11) is 1.47. The molecule has 2 aromatic carbocycles. The first kappa shape index (κ1) is 22.7. The highest BCUT2D eigenvalue weighted by atomic mass is 32.1. The Balaban J connectivity index is 1.70. The van der Waals surface area contributed by atoms with E-state index in [1.54, 1.807) is 38.1 Å². The highest BCUT2D eigenvalue weighted by molar-refractivity contribution is 7.14. The smallest absolute Gasteiger partial charge is 0.296 e. The molecule has 1 aliphatic heterocycles. The van der Waals surface area contributed by atoms with Gasteiger partial charge in [-0.15, -0.1) is 11.3 Å². The lowest BCUT2D eigenvalue weighted by Gasteiger charge is -2.24. The van der Waals surface area contributed by atoms with Gasteiger partial charge in [0.1, 0.15) is 5.75 Å². The summed E-state index contributed by atoms with van der Waals surface area (Å²) in [5, 5.41) is 11.6. The van der Waals surface area contributed by atoms with Gasteiger partial charge in [0, 0.05) is 12.1 Å². The fourth-order valence-corrected chi connectivity index (χ4v) is 5.03. The molecule has 11 heteroatoms. The number of ether oxygens (including phenoxy) is 1. The van der Waals surface area contributed by atoms with Gasteiger partial charge in [-0.25, -0.2) is 18.7 Å². The fourth-order valence-electron chi connectivity index (χ4n) is 4.15. The van der Waals surface area contributed by atoms with Crippen molar-refractivity contribution in [3.8, 4) is 5.75 Å². The summed E-state index contributed by atoms with van der Waals surface area (Å²) in [5.41, 5.74) is 0.992. The minimum atomic E-state index is -1.10. The second-order valence-electron chi connectivity index (χ2n) is 7.94. The third-order valence-electron chi connectivity index (χ3n) is 5.71. The molecular formula is C24H18F2N4O4S. The zero-order chi connectivity index (χ0) is 25.0. The number of imidazole rings is 1. The van der Waals surface area contributed by atoms with Crippen LogP contribution < -0.4 is 9.64 Å². The zero-order valence-corrected chi connectivity index (χ0v) is 19.5. The number of carbonyl (C=O) groups excluding carboxylic acids is 2. The lowest BCUT2D eigenvalue weighted by molar-refractivity contribution is -0.117. The number of hydrogen-bond acceptors (Lipinski definition) is 7. The Morgan fingerprint density at radius 2 is 1.91 bits per heavy atom. The van der Waals surface area contributed by atoms with Crippen molar-refractivity contribution in [1.82, 2.24) is 15.0 Å². The fraction of sp³-hybridized carbons (Fsp3) is 0.167. The molecule has 1 aliphatic rings. The number of amides is 1. The number of thiazole rings is 1. The molecule has 0 fully saturated rings. The highest BCUT2D eigenvalue weighted by Gasteiger charge is 2.46. The Labute approximate surface area is 201 Å². The molecule has 1 amide bonds. The average molecular weight is 496 g/mol. The van der Waals surface area contributed by atoms with Crippen LogP contribution in [0.3, 0.4) is 0 Å². The van der Waals surface area contributed by atoms with Crippen LogP contribution in [0.2, 0.25) is 0 Å². The monoisotopic (exact) mass is 496 g/mol. The lowest BCUT2D eigenvalue weighted by Crippen LogP contribution is -2.32. The summed E-state index contributed by atoms with van der Waals surface area (Å²) >= 11 is 1.15. The van der Waals surface area contributed by atoms with Crippen LogP contribution >= 0.6 is 11.3 Å². The number of fused-ring (bicyclic) bond motifs is 1. The van der Waals surface area contributed by atoms with Crippen molar-refractivity contribution in [1.29, 1.82) is 0 Å². The second kappa shape index (κ2) is 8.27. The maximum Gasteiger partial charge on any atom is 0.296 e. The zero-order valence-electron chi connectivity index (χ0n) is 18.7. The number of aliphatic hydroxyl groups excluding tert-OH is 1. The molecule has 0 radical (unpaired) electrons. The Bertz CT molecular complexity index is 1520. The van der Waals surface area contributed by atoms with Crippen molar-refractivity contribution in [2.24, 2.45) is 0 Å². The summed E-state index contributed by atoms with van der Waals surface area (Å²) in [6.45, 7) is 3.42. The van der Waals surface area contributed by atoms with Gasteiger partial charge in [0.15, 0.2) is 17.4 Å². The Hall–Kier alpha value is -4.12. The van der Waals surface area contributed by atoms with Crippen molar-refractivity contribution >= 4 is 40.0 Å². The number of ketones is 1. The molecule has 2 N–H and O–H groups in total. The van der Waals surface area contributed by atoms with Crippen LogP contribution in [0, 0.1) is 25.5 Å². The maximum absolute atomic E-state index is 13.8. The molecule has 178 valence electrons. The average Bonchev–Trinajstić information content (AvgIpc) is 3.47. The van der Waals surface area contributed by atoms with E-state index in [1.807, 2.05) is 0 Å². The van der Waals surface area contributed by atoms with Gasteiger partial charge in [-0.2, -0.15) is 0 Å². The molecule has 1 unspecified atom stereocenters. The summed E-state index contributed by atoms with van der Waals surface area (Å²) in [4.78, 5) is 39.6. The van der Waals surface area contributed by atoms with Gasteiger partial charge in [-0.05, 0) is 31.5 Å². The quantitative estimate of drug-likeness (QED) is 0.388. The van der Waals surface area contributed by atoms with E-state index >= 15 is 0 Å². The number of Topliss-reactive ketones (excluding diaryl/α,β-unsaturated/α-hetero) is 1. The van der Waals surface area contributed by atoms with Crippen molar-refractivity contribution in [3.63, 3.8) is 0 Å². The minimum absolute atomic E-state index is 0.0734. The van der Waals surface area contributed by atoms with Crippen molar-refractivity contribution in [2.45, 2.75) is 19.9 Å². The molecule has 0 saturated heterocycles. The number of nitrogens with zero attached hydrogens (tertiary/aromatic N) is 3. The van der Waals surface area contributed by atoms with Gasteiger partial charge >= 0.3 is 0 Å². The van der Waals surface area contributed by atoms with Crippen LogP contribution in [-0.2, 0) is 4.79 Å². The third kappa shape index (κ3) is 3.64. The highest BCUT2D eigenvalue weighted by Crippen LogP contribution is 2.43. The Kier molecular flexibility index (Phi) is 5.36. The molecular weight excluding hydrogens is 478 g/mol. The molecule has 5 rings (SSSR count). The first-order valence-electron chi connectivity index (χ1n) is 10.4. The van der Waals surface area contributed by atoms with Crippen LogP contribution in [-0.4, -0.2) is 38.9 Å². The van der Waals surface area contributed by atoms with Crippen molar-refractivity contribution in [3.05, 3.63) is 80.5 Å². The van der Waals surface area contributed by atoms with Crippen molar-refractivity contribution in [2.75, 3.05) is 12.0 Å². The predicted octanol–water partition coefficient (Wildman–Crippen LogP) is 4.71. The summed E-state index contributed by atoms with van der Waals surface area (Å²) in [6, 6.07) is 7.40. The second-order valence-corrected chi connectivity index (χ2v) is 9.14.